The number of benzene rings is 2. The minimum absolute atomic E-state index is 0.266. The lowest BCUT2D eigenvalue weighted by Crippen LogP contribution is -2.37. The van der Waals surface area contributed by atoms with Gasteiger partial charge in [-0.3, -0.25) is 5.32 Å². The predicted octanol–water partition coefficient (Wildman–Crippen LogP) is 6.37. The fourth-order valence-electron chi connectivity index (χ4n) is 2.91. The average molecular weight is 503 g/mol. The molecule has 2 rings (SSSR count). The maximum absolute atomic E-state index is 13.2. The van der Waals surface area contributed by atoms with Gasteiger partial charge in [0.15, 0.2) is 0 Å². The molecule has 0 heterocycles. The van der Waals surface area contributed by atoms with Gasteiger partial charge in [0.2, 0.25) is 0 Å². The maximum Gasteiger partial charge on any atom is 0.417 e. The number of ether oxygens (including phenoxy) is 2. The van der Waals surface area contributed by atoms with Crippen molar-refractivity contribution in [2.45, 2.75) is 38.7 Å². The van der Waals surface area contributed by atoms with Gasteiger partial charge in [0.05, 0.1) is 23.7 Å². The molecule has 2 aromatic carbocycles. The molecule has 35 heavy (non-hydrogen) atoms. The Labute approximate surface area is 198 Å². The quantitative estimate of drug-likeness (QED) is 0.445. The summed E-state index contributed by atoms with van der Waals surface area (Å²) in [5.41, 5.74) is -2.66. The van der Waals surface area contributed by atoms with Crippen molar-refractivity contribution >= 4 is 17.5 Å². The molecule has 0 spiro atoms. The SMILES string of the molecule is CC(C)(C)OC(=O)Nc1ccc(OCCN(CC(F)(F)F)c2ccc(C#N)c(C(F)(F)F)c2)cc1. The molecule has 1 amide bonds. The van der Waals surface area contributed by atoms with Gasteiger partial charge in [0.25, 0.3) is 0 Å². The number of amides is 1. The minimum Gasteiger partial charge on any atom is -0.492 e. The number of hydrogen-bond donors (Lipinski definition) is 1. The number of nitrogens with one attached hydrogen (secondary N) is 1. The lowest BCUT2D eigenvalue weighted by atomic mass is 10.1. The van der Waals surface area contributed by atoms with Crippen molar-refractivity contribution < 1.29 is 40.6 Å². The van der Waals surface area contributed by atoms with E-state index in [4.69, 9.17) is 14.7 Å². The summed E-state index contributed by atoms with van der Waals surface area (Å²) < 4.78 is 89.5. The molecule has 190 valence electrons. The van der Waals surface area contributed by atoms with E-state index in [-0.39, 0.29) is 24.6 Å². The molecular formula is C23H23F6N3O3. The van der Waals surface area contributed by atoms with Crippen LogP contribution >= 0.6 is 0 Å². The van der Waals surface area contributed by atoms with Crippen LogP contribution in [0, 0.1) is 11.3 Å². The zero-order chi connectivity index (χ0) is 26.4. The fourth-order valence-corrected chi connectivity index (χ4v) is 2.91. The first-order valence-corrected chi connectivity index (χ1v) is 10.2. The van der Waals surface area contributed by atoms with Gasteiger partial charge in [0.1, 0.15) is 24.5 Å². The van der Waals surface area contributed by atoms with Gasteiger partial charge in [-0.25, -0.2) is 4.79 Å². The monoisotopic (exact) mass is 503 g/mol. The van der Waals surface area contributed by atoms with E-state index in [1.807, 2.05) is 0 Å². The molecule has 0 saturated heterocycles. The number of carbonyl (C=O) groups excluding carboxylic acids is 1. The first-order chi connectivity index (χ1) is 16.1. The molecule has 2 aromatic rings. The molecule has 0 radical (unpaired) electrons. The van der Waals surface area contributed by atoms with Gasteiger partial charge >= 0.3 is 18.4 Å². The lowest BCUT2D eigenvalue weighted by molar-refractivity contribution is -0.137. The number of anilines is 2. The summed E-state index contributed by atoms with van der Waals surface area (Å²) in [7, 11) is 0. The molecule has 0 atom stereocenters. The molecule has 0 aliphatic carbocycles. The third-order valence-electron chi connectivity index (χ3n) is 4.29. The lowest BCUT2D eigenvalue weighted by Gasteiger charge is -2.27. The molecule has 12 heteroatoms. The van der Waals surface area contributed by atoms with E-state index in [0.717, 1.165) is 12.1 Å². The van der Waals surface area contributed by atoms with Crippen LogP contribution in [-0.2, 0) is 10.9 Å². The maximum atomic E-state index is 13.2. The molecule has 0 bridgehead atoms. The van der Waals surface area contributed by atoms with Gasteiger partial charge < -0.3 is 14.4 Å². The predicted molar refractivity (Wildman–Crippen MR) is 116 cm³/mol. The smallest absolute Gasteiger partial charge is 0.417 e. The van der Waals surface area contributed by atoms with Crippen molar-refractivity contribution in [3.8, 4) is 11.8 Å². The van der Waals surface area contributed by atoms with E-state index in [1.165, 1.54) is 30.3 Å². The van der Waals surface area contributed by atoms with Crippen molar-refractivity contribution in [1.82, 2.24) is 0 Å². The van der Waals surface area contributed by atoms with Gasteiger partial charge in [-0.15, -0.1) is 0 Å². The zero-order valence-corrected chi connectivity index (χ0v) is 19.0. The Bertz CT molecular complexity index is 1050. The molecule has 0 fully saturated rings. The summed E-state index contributed by atoms with van der Waals surface area (Å²) in [5, 5.41) is 11.4. The summed E-state index contributed by atoms with van der Waals surface area (Å²) in [6, 6.07) is 9.66. The topological polar surface area (TPSA) is 74.6 Å². The number of carbonyl (C=O) groups is 1. The molecule has 6 nitrogen and oxygen atoms in total. The zero-order valence-electron chi connectivity index (χ0n) is 19.0. The van der Waals surface area contributed by atoms with Crippen LogP contribution in [0.1, 0.15) is 31.9 Å². The van der Waals surface area contributed by atoms with E-state index in [9.17, 15) is 31.1 Å². The van der Waals surface area contributed by atoms with Gasteiger partial charge in [0, 0.05) is 11.4 Å². The second kappa shape index (κ2) is 10.8. The molecule has 0 aliphatic heterocycles. The van der Waals surface area contributed by atoms with E-state index in [2.05, 4.69) is 5.32 Å². The molecular weight excluding hydrogens is 480 g/mol. The third-order valence-corrected chi connectivity index (χ3v) is 4.29. The van der Waals surface area contributed by atoms with Crippen molar-refractivity contribution in [2.75, 3.05) is 29.9 Å². The largest absolute Gasteiger partial charge is 0.492 e. The van der Waals surface area contributed by atoms with Crippen LogP contribution in [0.4, 0.5) is 42.5 Å². The first-order valence-electron chi connectivity index (χ1n) is 10.2. The molecule has 0 aromatic heterocycles. The molecule has 1 N–H and O–H groups in total. The number of hydrogen-bond acceptors (Lipinski definition) is 5. The summed E-state index contributed by atoms with van der Waals surface area (Å²) in [6.07, 6.45) is -10.3. The summed E-state index contributed by atoms with van der Waals surface area (Å²) in [6.45, 7) is 2.92. The van der Waals surface area contributed by atoms with Crippen LogP contribution in [0.15, 0.2) is 42.5 Å². The van der Waals surface area contributed by atoms with E-state index in [0.29, 0.717) is 16.7 Å². The first kappa shape index (κ1) is 27.6. The summed E-state index contributed by atoms with van der Waals surface area (Å²) >= 11 is 0. The second-order valence-electron chi connectivity index (χ2n) is 8.38. The van der Waals surface area contributed by atoms with Crippen molar-refractivity contribution in [3.05, 3.63) is 53.6 Å². The van der Waals surface area contributed by atoms with E-state index < -0.39 is 41.7 Å². The van der Waals surface area contributed by atoms with Crippen LogP contribution in [0.2, 0.25) is 0 Å². The fraction of sp³-hybridized carbons (Fsp3) is 0.391. The highest BCUT2D eigenvalue weighted by atomic mass is 19.4. The van der Waals surface area contributed by atoms with E-state index in [1.54, 1.807) is 20.8 Å². The van der Waals surface area contributed by atoms with Gasteiger partial charge in [-0.05, 0) is 63.2 Å². The second-order valence-corrected chi connectivity index (χ2v) is 8.38. The Hall–Kier alpha value is -3.62. The van der Waals surface area contributed by atoms with Gasteiger partial charge in [-0.2, -0.15) is 31.6 Å². The van der Waals surface area contributed by atoms with Crippen molar-refractivity contribution in [3.63, 3.8) is 0 Å². The Morgan fingerprint density at radius 1 is 1.03 bits per heavy atom. The Balaban J connectivity index is 2.08. The minimum atomic E-state index is -4.91. The third kappa shape index (κ3) is 9.27. The Morgan fingerprint density at radius 3 is 2.17 bits per heavy atom. The van der Waals surface area contributed by atoms with Crippen molar-refractivity contribution in [1.29, 1.82) is 5.26 Å². The number of nitrogens with zero attached hydrogens (tertiary/aromatic N) is 2. The highest BCUT2D eigenvalue weighted by Gasteiger charge is 2.36. The normalized spacial score (nSPS) is 12.0. The highest BCUT2D eigenvalue weighted by molar-refractivity contribution is 5.84. The molecule has 0 unspecified atom stereocenters. The van der Waals surface area contributed by atoms with Crippen LogP contribution in [0.5, 0.6) is 5.75 Å². The Morgan fingerprint density at radius 2 is 1.66 bits per heavy atom. The summed E-state index contributed by atoms with van der Waals surface area (Å²) in [4.78, 5) is 12.5. The summed E-state index contributed by atoms with van der Waals surface area (Å²) in [5.74, 6) is 0.266. The van der Waals surface area contributed by atoms with Crippen LogP contribution in [0.25, 0.3) is 0 Å². The average Bonchev–Trinajstić information content (AvgIpc) is 2.71. The molecule has 0 aliphatic rings. The van der Waals surface area contributed by atoms with Gasteiger partial charge in [-0.1, -0.05) is 0 Å². The number of rotatable bonds is 7. The number of nitriles is 1. The van der Waals surface area contributed by atoms with Crippen LogP contribution in [0.3, 0.4) is 0 Å². The standard InChI is InChI=1S/C23H23F6N3O3/c1-21(2,3)35-20(33)31-16-5-8-18(9-6-16)34-11-10-32(14-22(24,25)26)17-7-4-15(13-30)19(12-17)23(27,28)29/h4-9,12H,10-11,14H2,1-3H3,(H,31,33). The number of alkyl halides is 6. The van der Waals surface area contributed by atoms with Crippen LogP contribution < -0.4 is 15.0 Å². The van der Waals surface area contributed by atoms with E-state index >= 15 is 0 Å². The molecule has 0 saturated carbocycles. The Kier molecular flexibility index (Phi) is 8.49. The highest BCUT2D eigenvalue weighted by Crippen LogP contribution is 2.35. The van der Waals surface area contributed by atoms with Crippen molar-refractivity contribution in [2.24, 2.45) is 0 Å². The number of halogens is 6. The van der Waals surface area contributed by atoms with Crippen LogP contribution in [-0.4, -0.2) is 37.6 Å².